The summed E-state index contributed by atoms with van der Waals surface area (Å²) in [5.74, 6) is 0.730. The SMILES string of the molecule is CN(C)C=Nc1ccc(-c2ccc3ncnc(Nc4ccc(N5CCOCC5)cc4)c3c2)cc1C#N. The van der Waals surface area contributed by atoms with E-state index in [0.29, 0.717) is 11.3 Å². The molecule has 0 saturated carbocycles. The van der Waals surface area contributed by atoms with Crippen LogP contribution in [0, 0.1) is 11.3 Å². The molecule has 0 unspecified atom stereocenters. The zero-order valence-corrected chi connectivity index (χ0v) is 20.3. The summed E-state index contributed by atoms with van der Waals surface area (Å²) in [7, 11) is 3.79. The first-order valence-electron chi connectivity index (χ1n) is 11.8. The lowest BCUT2D eigenvalue weighted by Crippen LogP contribution is -2.36. The van der Waals surface area contributed by atoms with Gasteiger partial charge >= 0.3 is 0 Å². The van der Waals surface area contributed by atoms with Gasteiger partial charge < -0.3 is 19.9 Å². The van der Waals surface area contributed by atoms with E-state index in [1.165, 1.54) is 5.69 Å². The Kier molecular flexibility index (Phi) is 6.74. The zero-order chi connectivity index (χ0) is 24.9. The Bertz CT molecular complexity index is 1430. The van der Waals surface area contributed by atoms with Gasteiger partial charge in [-0.05, 0) is 59.7 Å². The molecule has 1 aliphatic rings. The number of aliphatic imine (C=N–C) groups is 1. The maximum Gasteiger partial charge on any atom is 0.141 e. The van der Waals surface area contributed by atoms with Crippen LogP contribution in [0.2, 0.25) is 0 Å². The first-order valence-corrected chi connectivity index (χ1v) is 11.8. The van der Waals surface area contributed by atoms with Gasteiger partial charge in [0.05, 0.1) is 36.3 Å². The number of nitrogens with zero attached hydrogens (tertiary/aromatic N) is 6. The Morgan fingerprint density at radius 3 is 2.50 bits per heavy atom. The molecule has 0 atom stereocenters. The molecule has 180 valence electrons. The van der Waals surface area contributed by atoms with Crippen molar-refractivity contribution in [3.8, 4) is 17.2 Å². The van der Waals surface area contributed by atoms with Crippen molar-refractivity contribution in [1.82, 2.24) is 14.9 Å². The van der Waals surface area contributed by atoms with Gasteiger partial charge in [0.2, 0.25) is 0 Å². The van der Waals surface area contributed by atoms with Gasteiger partial charge in [-0.15, -0.1) is 0 Å². The van der Waals surface area contributed by atoms with E-state index in [-0.39, 0.29) is 0 Å². The van der Waals surface area contributed by atoms with Crippen LogP contribution < -0.4 is 10.2 Å². The van der Waals surface area contributed by atoms with E-state index in [0.717, 1.165) is 59.8 Å². The topological polar surface area (TPSA) is 89.7 Å². The highest BCUT2D eigenvalue weighted by Crippen LogP contribution is 2.31. The minimum atomic E-state index is 0.522. The molecule has 2 heterocycles. The molecule has 1 N–H and O–H groups in total. The van der Waals surface area contributed by atoms with E-state index in [9.17, 15) is 5.26 Å². The van der Waals surface area contributed by atoms with Crippen LogP contribution in [0.25, 0.3) is 22.0 Å². The Hall–Kier alpha value is -4.48. The Morgan fingerprint density at radius 1 is 1.00 bits per heavy atom. The molecule has 0 radical (unpaired) electrons. The Labute approximate surface area is 210 Å². The largest absolute Gasteiger partial charge is 0.378 e. The molecule has 1 aromatic heterocycles. The summed E-state index contributed by atoms with van der Waals surface area (Å²) in [6.07, 6.45) is 3.26. The second-order valence-electron chi connectivity index (χ2n) is 8.78. The molecule has 8 heteroatoms. The number of rotatable bonds is 6. The van der Waals surface area contributed by atoms with E-state index in [1.807, 2.05) is 49.3 Å². The van der Waals surface area contributed by atoms with E-state index >= 15 is 0 Å². The highest BCUT2D eigenvalue weighted by Gasteiger charge is 2.12. The van der Waals surface area contributed by atoms with Crippen LogP contribution in [0.5, 0.6) is 0 Å². The molecule has 5 rings (SSSR count). The third-order valence-corrected chi connectivity index (χ3v) is 6.02. The van der Waals surface area contributed by atoms with Gasteiger partial charge in [0.25, 0.3) is 0 Å². The minimum Gasteiger partial charge on any atom is -0.378 e. The summed E-state index contributed by atoms with van der Waals surface area (Å²) in [6.45, 7) is 3.33. The summed E-state index contributed by atoms with van der Waals surface area (Å²) >= 11 is 0. The van der Waals surface area contributed by atoms with Crippen LogP contribution in [-0.2, 0) is 4.74 Å². The lowest BCUT2D eigenvalue weighted by Gasteiger charge is -2.28. The van der Waals surface area contributed by atoms with Crippen molar-refractivity contribution in [3.63, 3.8) is 0 Å². The van der Waals surface area contributed by atoms with E-state index in [1.54, 1.807) is 12.7 Å². The fourth-order valence-electron chi connectivity index (χ4n) is 4.15. The second-order valence-corrected chi connectivity index (χ2v) is 8.78. The van der Waals surface area contributed by atoms with Gasteiger partial charge in [0.1, 0.15) is 18.2 Å². The second kappa shape index (κ2) is 10.4. The highest BCUT2D eigenvalue weighted by atomic mass is 16.5. The monoisotopic (exact) mass is 477 g/mol. The van der Waals surface area contributed by atoms with Crippen LogP contribution in [-0.4, -0.2) is 61.6 Å². The number of hydrogen-bond donors (Lipinski definition) is 1. The number of hydrogen-bond acceptors (Lipinski definition) is 7. The van der Waals surface area contributed by atoms with E-state index in [4.69, 9.17) is 4.74 Å². The standard InChI is InChI=1S/C28H27N7O/c1-34(2)19-32-26-9-3-20(15-22(26)17-29)21-4-10-27-25(16-21)28(31-18-30-27)33-23-5-7-24(8-6-23)35-11-13-36-14-12-35/h3-10,15-16,18-19H,11-14H2,1-2H3,(H,30,31,33). The molecule has 1 fully saturated rings. The number of aromatic nitrogens is 2. The zero-order valence-electron chi connectivity index (χ0n) is 20.3. The molecule has 0 aliphatic carbocycles. The molecule has 3 aromatic carbocycles. The predicted octanol–water partition coefficient (Wildman–Crippen LogP) is 4.97. The van der Waals surface area contributed by atoms with Gasteiger partial charge in [0.15, 0.2) is 0 Å². The fourth-order valence-corrected chi connectivity index (χ4v) is 4.15. The number of nitriles is 1. The molecule has 8 nitrogen and oxygen atoms in total. The molecule has 1 aliphatic heterocycles. The number of fused-ring (bicyclic) bond motifs is 1. The summed E-state index contributed by atoms with van der Waals surface area (Å²) in [5.41, 5.74) is 6.05. The smallest absolute Gasteiger partial charge is 0.141 e. The number of anilines is 3. The summed E-state index contributed by atoms with van der Waals surface area (Å²) in [6, 6.07) is 22.4. The molecule has 0 spiro atoms. The molecule has 1 saturated heterocycles. The first-order chi connectivity index (χ1) is 17.6. The molecule has 4 aromatic rings. The first kappa shape index (κ1) is 23.3. The number of benzene rings is 3. The summed E-state index contributed by atoms with van der Waals surface area (Å²) < 4.78 is 5.45. The molecular formula is C28H27N7O. The fraction of sp³-hybridized carbons (Fsp3) is 0.214. The van der Waals surface area contributed by atoms with Crippen LogP contribution in [0.3, 0.4) is 0 Å². The maximum absolute atomic E-state index is 9.66. The van der Waals surface area contributed by atoms with Crippen molar-refractivity contribution < 1.29 is 4.74 Å². The van der Waals surface area contributed by atoms with Gasteiger partial charge in [-0.1, -0.05) is 12.1 Å². The quantitative estimate of drug-likeness (QED) is 0.310. The maximum atomic E-state index is 9.66. The number of ether oxygens (including phenoxy) is 1. The number of morpholine rings is 1. The van der Waals surface area contributed by atoms with Crippen molar-refractivity contribution in [2.45, 2.75) is 0 Å². The van der Waals surface area contributed by atoms with Crippen molar-refractivity contribution in [1.29, 1.82) is 5.26 Å². The Balaban J connectivity index is 1.43. The van der Waals surface area contributed by atoms with Crippen molar-refractivity contribution >= 4 is 40.1 Å². The summed E-state index contributed by atoms with van der Waals surface area (Å²) in [4.78, 5) is 17.5. The minimum absolute atomic E-state index is 0.522. The molecule has 0 bridgehead atoms. The molecular weight excluding hydrogens is 450 g/mol. The van der Waals surface area contributed by atoms with Crippen molar-refractivity contribution in [3.05, 3.63) is 72.6 Å². The predicted molar refractivity (Wildman–Crippen MR) is 144 cm³/mol. The molecule has 36 heavy (non-hydrogen) atoms. The van der Waals surface area contributed by atoms with Crippen LogP contribution in [0.4, 0.5) is 22.9 Å². The van der Waals surface area contributed by atoms with Crippen LogP contribution in [0.1, 0.15) is 5.56 Å². The van der Waals surface area contributed by atoms with E-state index in [2.05, 4.69) is 61.6 Å². The van der Waals surface area contributed by atoms with Crippen LogP contribution >= 0.6 is 0 Å². The third-order valence-electron chi connectivity index (χ3n) is 6.02. The lowest BCUT2D eigenvalue weighted by molar-refractivity contribution is 0.122. The number of nitrogens with one attached hydrogen (secondary N) is 1. The average Bonchev–Trinajstić information content (AvgIpc) is 2.92. The van der Waals surface area contributed by atoms with Crippen LogP contribution in [0.15, 0.2) is 72.0 Å². The average molecular weight is 478 g/mol. The van der Waals surface area contributed by atoms with Gasteiger partial charge in [-0.25, -0.2) is 15.0 Å². The van der Waals surface area contributed by atoms with Gasteiger partial charge in [-0.3, -0.25) is 0 Å². The molecule has 0 amide bonds. The highest BCUT2D eigenvalue weighted by molar-refractivity contribution is 5.94. The van der Waals surface area contributed by atoms with E-state index < -0.39 is 0 Å². The Morgan fingerprint density at radius 2 is 1.75 bits per heavy atom. The van der Waals surface area contributed by atoms with Crippen molar-refractivity contribution in [2.75, 3.05) is 50.6 Å². The third kappa shape index (κ3) is 5.11. The lowest BCUT2D eigenvalue weighted by atomic mass is 10.0. The van der Waals surface area contributed by atoms with Gasteiger partial charge in [-0.2, -0.15) is 5.26 Å². The normalized spacial score (nSPS) is 13.6. The summed E-state index contributed by atoms with van der Waals surface area (Å²) in [5, 5.41) is 14.0. The van der Waals surface area contributed by atoms with Gasteiger partial charge in [0, 0.05) is 43.9 Å². The van der Waals surface area contributed by atoms with Crippen molar-refractivity contribution in [2.24, 2.45) is 4.99 Å².